The number of carbonyl (C=O) groups is 2. The van der Waals surface area contributed by atoms with Crippen molar-refractivity contribution in [1.29, 1.82) is 0 Å². The highest BCUT2D eigenvalue weighted by atomic mass is 32.2. The van der Waals surface area contributed by atoms with Crippen LogP contribution in [0.3, 0.4) is 0 Å². The van der Waals surface area contributed by atoms with Crippen LogP contribution >= 0.6 is 0 Å². The Bertz CT molecular complexity index is 1230. The molecule has 9 nitrogen and oxygen atoms in total. The summed E-state index contributed by atoms with van der Waals surface area (Å²) >= 11 is 0. The molecule has 3 aromatic rings. The second-order valence-electron chi connectivity index (χ2n) is 6.72. The van der Waals surface area contributed by atoms with Gasteiger partial charge in [-0.15, -0.1) is 0 Å². The fourth-order valence-corrected chi connectivity index (χ4v) is 3.77. The summed E-state index contributed by atoms with van der Waals surface area (Å²) in [6.07, 6.45) is 0. The van der Waals surface area contributed by atoms with Gasteiger partial charge in [0, 0.05) is 16.9 Å². The Hall–Kier alpha value is -4.12. The van der Waals surface area contributed by atoms with Gasteiger partial charge in [-0.3, -0.25) is 25.2 Å². The Labute approximate surface area is 190 Å². The molecule has 0 radical (unpaired) electrons. The Morgan fingerprint density at radius 3 is 2.24 bits per heavy atom. The maximum absolute atomic E-state index is 13.0. The molecule has 0 unspecified atom stereocenters. The fourth-order valence-electron chi connectivity index (χ4n) is 2.67. The van der Waals surface area contributed by atoms with E-state index in [0.717, 1.165) is 18.2 Å². The molecule has 0 heterocycles. The molecule has 0 aromatic heterocycles. The van der Waals surface area contributed by atoms with Crippen molar-refractivity contribution >= 4 is 33.2 Å². The van der Waals surface area contributed by atoms with Gasteiger partial charge in [0.05, 0.1) is 18.6 Å². The second kappa shape index (κ2) is 10.5. The number of sulfonamides is 1. The molecule has 3 aromatic carbocycles. The van der Waals surface area contributed by atoms with Crippen LogP contribution in [0.5, 0.6) is 5.75 Å². The topological polar surface area (TPSA) is 126 Å². The summed E-state index contributed by atoms with van der Waals surface area (Å²) in [4.78, 5) is 24.2. The van der Waals surface area contributed by atoms with E-state index in [1.54, 1.807) is 31.4 Å². The molecular formula is C22H21FN4O5S. The first-order chi connectivity index (χ1) is 15.8. The lowest BCUT2D eigenvalue weighted by Crippen LogP contribution is -2.44. The summed E-state index contributed by atoms with van der Waals surface area (Å²) < 4.78 is 45.5. The average molecular weight is 472 g/mol. The predicted molar refractivity (Wildman–Crippen MR) is 121 cm³/mol. The molecule has 11 heteroatoms. The van der Waals surface area contributed by atoms with Crippen molar-refractivity contribution < 1.29 is 27.1 Å². The zero-order valence-corrected chi connectivity index (χ0v) is 18.3. The molecule has 0 aliphatic carbocycles. The van der Waals surface area contributed by atoms with Gasteiger partial charge >= 0.3 is 0 Å². The van der Waals surface area contributed by atoms with E-state index in [-0.39, 0.29) is 22.7 Å². The lowest BCUT2D eigenvalue weighted by atomic mass is 10.2. The molecule has 172 valence electrons. The molecule has 0 spiro atoms. The standard InChI is InChI=1S/C22H21FN4O5S/c1-32-19-11-9-17(10-12-19)24-14-21(28)25-26-22(29)15-3-2-4-20(13-15)33(30,31)27-18-7-5-16(23)6-8-18/h2-13,24,27H,14H2,1H3,(H,25,28)(H,26,29). The zero-order chi connectivity index (χ0) is 23.8. The number of amides is 2. The number of anilines is 2. The van der Waals surface area contributed by atoms with E-state index >= 15 is 0 Å². The first-order valence-electron chi connectivity index (χ1n) is 9.62. The van der Waals surface area contributed by atoms with Crippen LogP contribution in [0.4, 0.5) is 15.8 Å². The number of methoxy groups -OCH3 is 1. The first-order valence-corrected chi connectivity index (χ1v) is 11.1. The van der Waals surface area contributed by atoms with Crippen LogP contribution in [0.2, 0.25) is 0 Å². The molecule has 0 aliphatic heterocycles. The van der Waals surface area contributed by atoms with E-state index in [9.17, 15) is 22.4 Å². The highest BCUT2D eigenvalue weighted by Crippen LogP contribution is 2.18. The maximum Gasteiger partial charge on any atom is 0.269 e. The third-order valence-corrected chi connectivity index (χ3v) is 5.74. The van der Waals surface area contributed by atoms with Crippen LogP contribution in [0.15, 0.2) is 77.7 Å². The van der Waals surface area contributed by atoms with Crippen molar-refractivity contribution in [2.24, 2.45) is 0 Å². The molecule has 3 rings (SSSR count). The highest BCUT2D eigenvalue weighted by Gasteiger charge is 2.17. The molecule has 0 aliphatic rings. The Balaban J connectivity index is 1.56. The molecule has 33 heavy (non-hydrogen) atoms. The van der Waals surface area contributed by atoms with Gasteiger partial charge in [0.25, 0.3) is 21.8 Å². The van der Waals surface area contributed by atoms with Crippen molar-refractivity contribution in [3.05, 3.63) is 84.2 Å². The van der Waals surface area contributed by atoms with Crippen LogP contribution in [0.25, 0.3) is 0 Å². The van der Waals surface area contributed by atoms with Crippen LogP contribution < -0.4 is 25.6 Å². The third kappa shape index (κ3) is 6.68. The number of hydrogen-bond donors (Lipinski definition) is 4. The van der Waals surface area contributed by atoms with Gasteiger partial charge in [0.1, 0.15) is 11.6 Å². The van der Waals surface area contributed by atoms with Crippen molar-refractivity contribution in [3.8, 4) is 5.75 Å². The molecular weight excluding hydrogens is 451 g/mol. The van der Waals surface area contributed by atoms with Gasteiger partial charge in [-0.05, 0) is 66.7 Å². The van der Waals surface area contributed by atoms with Crippen LogP contribution in [-0.2, 0) is 14.8 Å². The Morgan fingerprint density at radius 1 is 0.909 bits per heavy atom. The zero-order valence-electron chi connectivity index (χ0n) is 17.5. The number of rotatable bonds is 8. The Kier molecular flexibility index (Phi) is 7.46. The van der Waals surface area contributed by atoms with Gasteiger partial charge in [0.2, 0.25) is 0 Å². The monoisotopic (exact) mass is 472 g/mol. The molecule has 2 amide bonds. The van der Waals surface area contributed by atoms with E-state index in [4.69, 9.17) is 4.74 Å². The Morgan fingerprint density at radius 2 is 1.58 bits per heavy atom. The van der Waals surface area contributed by atoms with E-state index in [1.807, 2.05) is 0 Å². The minimum atomic E-state index is -4.02. The van der Waals surface area contributed by atoms with Crippen LogP contribution in [-0.4, -0.2) is 33.9 Å². The van der Waals surface area contributed by atoms with Crippen molar-refractivity contribution in [1.82, 2.24) is 10.9 Å². The van der Waals surface area contributed by atoms with Crippen LogP contribution in [0.1, 0.15) is 10.4 Å². The fraction of sp³-hybridized carbons (Fsp3) is 0.0909. The summed E-state index contributed by atoms with van der Waals surface area (Å²) in [5.41, 5.74) is 5.35. The summed E-state index contributed by atoms with van der Waals surface area (Å²) in [5.74, 6) is -1.04. The quantitative estimate of drug-likeness (QED) is 0.373. The number of nitrogens with one attached hydrogen (secondary N) is 4. The molecule has 0 saturated carbocycles. The first kappa shape index (κ1) is 23.5. The van der Waals surface area contributed by atoms with Gasteiger partial charge in [-0.1, -0.05) is 6.07 Å². The molecule has 0 bridgehead atoms. The number of halogens is 1. The third-order valence-electron chi connectivity index (χ3n) is 4.36. The minimum Gasteiger partial charge on any atom is -0.497 e. The predicted octanol–water partition coefficient (Wildman–Crippen LogP) is 2.51. The number of hydrogen-bond acceptors (Lipinski definition) is 6. The van der Waals surface area contributed by atoms with Gasteiger partial charge < -0.3 is 10.1 Å². The lowest BCUT2D eigenvalue weighted by molar-refractivity contribution is -0.120. The van der Waals surface area contributed by atoms with Crippen LogP contribution in [0, 0.1) is 5.82 Å². The molecule has 4 N–H and O–H groups in total. The summed E-state index contributed by atoms with van der Waals surface area (Å²) in [7, 11) is -2.47. The van der Waals surface area contributed by atoms with E-state index in [1.165, 1.54) is 30.3 Å². The lowest BCUT2D eigenvalue weighted by Gasteiger charge is -2.11. The van der Waals surface area contributed by atoms with Crippen molar-refractivity contribution in [3.63, 3.8) is 0 Å². The maximum atomic E-state index is 13.0. The minimum absolute atomic E-state index is 0.0143. The summed E-state index contributed by atoms with van der Waals surface area (Å²) in [5, 5.41) is 2.88. The largest absolute Gasteiger partial charge is 0.497 e. The number of hydrazine groups is 1. The van der Waals surface area contributed by atoms with Gasteiger partial charge in [-0.2, -0.15) is 0 Å². The normalized spacial score (nSPS) is 10.7. The molecule has 0 atom stereocenters. The van der Waals surface area contributed by atoms with E-state index in [2.05, 4.69) is 20.9 Å². The van der Waals surface area contributed by atoms with Gasteiger partial charge in [0.15, 0.2) is 0 Å². The highest BCUT2D eigenvalue weighted by molar-refractivity contribution is 7.92. The molecule has 0 fully saturated rings. The average Bonchev–Trinajstić information content (AvgIpc) is 2.83. The smallest absolute Gasteiger partial charge is 0.269 e. The number of ether oxygens (including phenoxy) is 1. The van der Waals surface area contributed by atoms with E-state index < -0.39 is 27.7 Å². The molecule has 0 saturated heterocycles. The van der Waals surface area contributed by atoms with E-state index in [0.29, 0.717) is 11.4 Å². The number of carbonyl (C=O) groups excluding carboxylic acids is 2. The second-order valence-corrected chi connectivity index (χ2v) is 8.41. The summed E-state index contributed by atoms with van der Waals surface area (Å²) in [6.45, 7) is -0.109. The number of benzene rings is 3. The SMILES string of the molecule is COc1ccc(NCC(=O)NNC(=O)c2cccc(S(=O)(=O)Nc3ccc(F)cc3)c2)cc1. The summed E-state index contributed by atoms with van der Waals surface area (Å²) in [6, 6.07) is 17.0. The van der Waals surface area contributed by atoms with Gasteiger partial charge in [-0.25, -0.2) is 12.8 Å². The van der Waals surface area contributed by atoms with Crippen molar-refractivity contribution in [2.45, 2.75) is 4.90 Å². The van der Waals surface area contributed by atoms with Crippen molar-refractivity contribution in [2.75, 3.05) is 23.7 Å².